The zero-order valence-electron chi connectivity index (χ0n) is 3.80. The van der Waals surface area contributed by atoms with Gasteiger partial charge in [-0.25, -0.2) is 0 Å². The maximum absolute atomic E-state index is 10.4. The molecule has 0 aromatic carbocycles. The van der Waals surface area contributed by atoms with Crippen LogP contribution in [0.5, 0.6) is 0 Å². The molecule has 0 atom stereocenters. The molecule has 1 aromatic heterocycles. The van der Waals surface area contributed by atoms with Crippen molar-refractivity contribution in [1.82, 2.24) is 4.98 Å². The van der Waals surface area contributed by atoms with Crippen LogP contribution in [0.1, 0.15) is 9.67 Å². The van der Waals surface area contributed by atoms with Crippen molar-refractivity contribution >= 4 is 32.0 Å². The molecule has 8 heavy (non-hydrogen) atoms. The van der Waals surface area contributed by atoms with Crippen LogP contribution in [-0.2, 0) is 0 Å². The Morgan fingerprint density at radius 1 is 1.88 bits per heavy atom. The number of carbonyl (C=O) groups excluding carboxylic acids is 1. The van der Waals surface area contributed by atoms with Gasteiger partial charge in [-0.1, -0.05) is 0 Å². The molecule has 0 aliphatic carbocycles. The van der Waals surface area contributed by atoms with Gasteiger partial charge in [0.05, 0.1) is 5.51 Å². The molecule has 0 fully saturated rings. The van der Waals surface area contributed by atoms with E-state index in [0.717, 1.165) is 0 Å². The first-order valence-corrected chi connectivity index (χ1v) is 3.56. The molecule has 0 aliphatic heterocycles. The van der Waals surface area contributed by atoms with Crippen LogP contribution >= 0.6 is 27.3 Å². The van der Waals surface area contributed by atoms with E-state index in [1.165, 1.54) is 17.5 Å². The first-order valence-electron chi connectivity index (χ1n) is 1.89. The molecule has 0 unspecified atom stereocenters. The van der Waals surface area contributed by atoms with E-state index in [4.69, 9.17) is 0 Å². The highest BCUT2D eigenvalue weighted by Crippen LogP contribution is 2.08. The third-order valence-electron chi connectivity index (χ3n) is 0.626. The van der Waals surface area contributed by atoms with Gasteiger partial charge in [-0.05, 0) is 15.9 Å². The SMILES string of the molecule is O=C(Br)c1cncs1. The Hall–Kier alpha value is -0.220. The molecule has 0 saturated carbocycles. The first-order chi connectivity index (χ1) is 3.80. The lowest BCUT2D eigenvalue weighted by Crippen LogP contribution is -1.77. The van der Waals surface area contributed by atoms with Crippen LogP contribution in [-0.4, -0.2) is 9.68 Å². The molecule has 1 heterocycles. The zero-order valence-corrected chi connectivity index (χ0v) is 6.20. The molecule has 0 N–H and O–H groups in total. The quantitative estimate of drug-likeness (QED) is 0.633. The Labute approximate surface area is 58.7 Å². The maximum atomic E-state index is 10.4. The van der Waals surface area contributed by atoms with Crippen molar-refractivity contribution in [2.75, 3.05) is 0 Å². The van der Waals surface area contributed by atoms with Crippen LogP contribution in [0.3, 0.4) is 0 Å². The number of rotatable bonds is 1. The summed E-state index contributed by atoms with van der Waals surface area (Å²) in [5, 5.41) is 0. The second-order valence-corrected chi connectivity index (χ2v) is 2.75. The third kappa shape index (κ3) is 1.14. The summed E-state index contributed by atoms with van der Waals surface area (Å²) in [6.07, 6.45) is 1.53. The fraction of sp³-hybridized carbons (Fsp3) is 0. The lowest BCUT2D eigenvalue weighted by Gasteiger charge is -1.75. The summed E-state index contributed by atoms with van der Waals surface area (Å²) < 4.78 is -0.0972. The van der Waals surface area contributed by atoms with Gasteiger partial charge in [-0.2, -0.15) is 0 Å². The van der Waals surface area contributed by atoms with E-state index in [-0.39, 0.29) is 4.69 Å². The second-order valence-electron chi connectivity index (χ2n) is 1.14. The maximum Gasteiger partial charge on any atom is 0.239 e. The van der Waals surface area contributed by atoms with Gasteiger partial charge in [-0.3, -0.25) is 9.78 Å². The standard InChI is InChI=1S/C4H2BrNOS/c5-4(7)3-1-6-2-8-3/h1-2H. The highest BCUT2D eigenvalue weighted by molar-refractivity contribution is 9.18. The molecule has 0 saturated heterocycles. The number of carbonyl (C=O) groups is 1. The summed E-state index contributed by atoms with van der Waals surface area (Å²) in [4.78, 5) is 14.7. The monoisotopic (exact) mass is 191 g/mol. The van der Waals surface area contributed by atoms with Crippen LogP contribution < -0.4 is 0 Å². The Morgan fingerprint density at radius 2 is 2.62 bits per heavy atom. The Morgan fingerprint density at radius 3 is 2.88 bits per heavy atom. The Balaban J connectivity index is 2.93. The summed E-state index contributed by atoms with van der Waals surface area (Å²) in [5.74, 6) is 0. The van der Waals surface area contributed by atoms with E-state index >= 15 is 0 Å². The molecule has 0 radical (unpaired) electrons. The van der Waals surface area contributed by atoms with Gasteiger partial charge in [0.2, 0.25) is 4.69 Å². The molecule has 0 bridgehead atoms. The number of thiazole rings is 1. The molecule has 2 nitrogen and oxygen atoms in total. The topological polar surface area (TPSA) is 30.0 Å². The van der Waals surface area contributed by atoms with E-state index < -0.39 is 0 Å². The Bertz CT molecular complexity index is 184. The molecule has 4 heteroatoms. The summed E-state index contributed by atoms with van der Waals surface area (Å²) in [7, 11) is 0. The summed E-state index contributed by atoms with van der Waals surface area (Å²) in [6.45, 7) is 0. The molecule has 0 amide bonds. The molecular weight excluding hydrogens is 190 g/mol. The number of nitrogens with zero attached hydrogens (tertiary/aromatic N) is 1. The van der Waals surface area contributed by atoms with Gasteiger partial charge in [0.25, 0.3) is 0 Å². The van der Waals surface area contributed by atoms with E-state index in [0.29, 0.717) is 4.88 Å². The third-order valence-corrected chi connectivity index (χ3v) is 2.09. The van der Waals surface area contributed by atoms with Crippen LogP contribution in [0.15, 0.2) is 11.7 Å². The van der Waals surface area contributed by atoms with Gasteiger partial charge in [-0.15, -0.1) is 11.3 Å². The van der Waals surface area contributed by atoms with E-state index in [1.54, 1.807) is 5.51 Å². The minimum atomic E-state index is -0.0972. The predicted molar refractivity (Wildman–Crippen MR) is 35.4 cm³/mol. The van der Waals surface area contributed by atoms with Crippen LogP contribution in [0.25, 0.3) is 0 Å². The minimum Gasteiger partial charge on any atom is -0.280 e. The van der Waals surface area contributed by atoms with Crippen molar-refractivity contribution in [1.29, 1.82) is 0 Å². The largest absolute Gasteiger partial charge is 0.280 e. The lowest BCUT2D eigenvalue weighted by molar-refractivity contribution is 0.109. The van der Waals surface area contributed by atoms with Gasteiger partial charge in [0.1, 0.15) is 4.88 Å². The fourth-order valence-corrected chi connectivity index (χ4v) is 1.15. The number of halogens is 1. The van der Waals surface area contributed by atoms with E-state index in [2.05, 4.69) is 20.9 Å². The van der Waals surface area contributed by atoms with E-state index in [9.17, 15) is 4.79 Å². The fourth-order valence-electron chi connectivity index (χ4n) is 0.313. The molecule has 42 valence electrons. The van der Waals surface area contributed by atoms with Crippen LogP contribution in [0.2, 0.25) is 0 Å². The van der Waals surface area contributed by atoms with Crippen molar-refractivity contribution in [3.05, 3.63) is 16.6 Å². The van der Waals surface area contributed by atoms with Crippen molar-refractivity contribution in [2.45, 2.75) is 0 Å². The lowest BCUT2D eigenvalue weighted by atomic mass is 10.6. The number of hydrogen-bond donors (Lipinski definition) is 0. The number of hydrogen-bond acceptors (Lipinski definition) is 3. The number of aromatic nitrogens is 1. The summed E-state index contributed by atoms with van der Waals surface area (Å²) >= 11 is 4.12. The molecule has 1 aromatic rings. The Kier molecular flexibility index (Phi) is 1.75. The average Bonchev–Trinajstić information content (AvgIpc) is 2.12. The smallest absolute Gasteiger partial charge is 0.239 e. The van der Waals surface area contributed by atoms with E-state index in [1.807, 2.05) is 0 Å². The molecular formula is C4H2BrNOS. The predicted octanol–water partition coefficient (Wildman–Crippen LogP) is 1.68. The minimum absolute atomic E-state index is 0.0972. The normalized spacial score (nSPS) is 9.12. The highest BCUT2D eigenvalue weighted by Gasteiger charge is 1.99. The van der Waals surface area contributed by atoms with Crippen molar-refractivity contribution in [3.63, 3.8) is 0 Å². The van der Waals surface area contributed by atoms with Crippen LogP contribution in [0.4, 0.5) is 0 Å². The van der Waals surface area contributed by atoms with Gasteiger partial charge < -0.3 is 0 Å². The second kappa shape index (κ2) is 2.37. The highest BCUT2D eigenvalue weighted by atomic mass is 79.9. The van der Waals surface area contributed by atoms with Crippen molar-refractivity contribution in [3.8, 4) is 0 Å². The summed E-state index contributed by atoms with van der Waals surface area (Å²) in [5.41, 5.74) is 1.62. The summed E-state index contributed by atoms with van der Waals surface area (Å²) in [6, 6.07) is 0. The van der Waals surface area contributed by atoms with Crippen LogP contribution in [0, 0.1) is 0 Å². The van der Waals surface area contributed by atoms with Crippen molar-refractivity contribution in [2.24, 2.45) is 0 Å². The zero-order chi connectivity index (χ0) is 5.98. The molecule has 0 aliphatic rings. The average molecular weight is 192 g/mol. The van der Waals surface area contributed by atoms with Gasteiger partial charge in [0.15, 0.2) is 0 Å². The first kappa shape index (κ1) is 5.91. The van der Waals surface area contributed by atoms with Gasteiger partial charge in [0, 0.05) is 6.20 Å². The molecule has 1 rings (SSSR count). The van der Waals surface area contributed by atoms with Gasteiger partial charge >= 0.3 is 0 Å². The molecule has 0 spiro atoms. The van der Waals surface area contributed by atoms with Crippen molar-refractivity contribution < 1.29 is 4.79 Å².